The van der Waals surface area contributed by atoms with E-state index in [2.05, 4.69) is 29.4 Å². The van der Waals surface area contributed by atoms with E-state index in [0.717, 1.165) is 35.5 Å². The Bertz CT molecular complexity index is 454. The molecule has 4 bridgehead atoms. The minimum Gasteiger partial charge on any atom is -0.424 e. The third-order valence-corrected chi connectivity index (χ3v) is 5.66. The molecule has 0 unspecified atom stereocenters. The van der Waals surface area contributed by atoms with E-state index in [4.69, 9.17) is 4.42 Å². The van der Waals surface area contributed by atoms with Crippen molar-refractivity contribution in [1.29, 1.82) is 0 Å². The van der Waals surface area contributed by atoms with E-state index in [1.165, 1.54) is 32.1 Å². The lowest BCUT2D eigenvalue weighted by Gasteiger charge is -2.53. The molecule has 4 fully saturated rings. The Kier molecular flexibility index (Phi) is 3.09. The summed E-state index contributed by atoms with van der Waals surface area (Å²) in [5.74, 6) is 5.87. The molecule has 0 saturated heterocycles. The molecular formula is C16H25N3O. The first kappa shape index (κ1) is 12.8. The first-order valence-electron chi connectivity index (χ1n) is 8.24. The Morgan fingerprint density at radius 1 is 1.05 bits per heavy atom. The monoisotopic (exact) mass is 275 g/mol. The number of hydrogen-bond acceptors (Lipinski definition) is 4. The fourth-order valence-electron chi connectivity index (χ4n) is 5.09. The van der Waals surface area contributed by atoms with E-state index in [0.29, 0.717) is 18.5 Å². The van der Waals surface area contributed by atoms with Crippen LogP contribution in [0.25, 0.3) is 0 Å². The van der Waals surface area contributed by atoms with Gasteiger partial charge in [0.1, 0.15) is 0 Å². The second kappa shape index (κ2) is 4.83. The first-order chi connectivity index (χ1) is 9.69. The predicted molar refractivity (Wildman–Crippen MR) is 76.1 cm³/mol. The molecule has 0 atom stereocenters. The summed E-state index contributed by atoms with van der Waals surface area (Å²) in [6.07, 6.45) is 7.10. The maximum absolute atomic E-state index is 5.98. The molecule has 0 radical (unpaired) electrons. The van der Waals surface area contributed by atoms with Crippen molar-refractivity contribution in [2.45, 2.75) is 64.5 Å². The molecule has 1 N–H and O–H groups in total. The van der Waals surface area contributed by atoms with Crippen LogP contribution in [0.1, 0.15) is 63.7 Å². The van der Waals surface area contributed by atoms with Crippen molar-refractivity contribution in [2.75, 3.05) is 0 Å². The molecule has 0 aromatic carbocycles. The van der Waals surface area contributed by atoms with Crippen molar-refractivity contribution in [3.8, 4) is 0 Å². The third-order valence-electron chi connectivity index (χ3n) is 5.66. The van der Waals surface area contributed by atoms with E-state index in [1.54, 1.807) is 0 Å². The molecule has 1 aromatic heterocycles. The van der Waals surface area contributed by atoms with E-state index >= 15 is 0 Å². The number of hydrogen-bond donors (Lipinski definition) is 1. The second-order valence-corrected chi connectivity index (χ2v) is 7.53. The van der Waals surface area contributed by atoms with Gasteiger partial charge in [-0.15, -0.1) is 10.2 Å². The highest BCUT2D eigenvalue weighted by atomic mass is 16.4. The van der Waals surface area contributed by atoms with Gasteiger partial charge in [0.05, 0.1) is 6.54 Å². The summed E-state index contributed by atoms with van der Waals surface area (Å²) in [6, 6.07) is 0.450. The molecule has 20 heavy (non-hydrogen) atoms. The zero-order valence-corrected chi connectivity index (χ0v) is 12.5. The normalized spacial score (nSPS) is 38.9. The van der Waals surface area contributed by atoms with Gasteiger partial charge in [-0.05, 0) is 55.8 Å². The molecule has 4 aliphatic carbocycles. The van der Waals surface area contributed by atoms with Gasteiger partial charge in [-0.3, -0.25) is 0 Å². The number of rotatable bonds is 4. The Morgan fingerprint density at radius 2 is 1.70 bits per heavy atom. The Balaban J connectivity index is 1.50. The highest BCUT2D eigenvalue weighted by molar-refractivity contribution is 5.08. The molecule has 4 nitrogen and oxygen atoms in total. The van der Waals surface area contributed by atoms with Crippen molar-refractivity contribution < 1.29 is 4.42 Å². The van der Waals surface area contributed by atoms with Gasteiger partial charge < -0.3 is 9.73 Å². The van der Waals surface area contributed by atoms with Gasteiger partial charge in [0.25, 0.3) is 0 Å². The standard InChI is InChI=1S/C16H25N3O/c1-9(2)17-8-14-18-19-16(20-14)15-12-4-10-3-11(6-12)7-13(15)5-10/h9-13,15,17H,3-8H2,1-2H3. The van der Waals surface area contributed by atoms with Gasteiger partial charge in [-0.1, -0.05) is 13.8 Å². The van der Waals surface area contributed by atoms with Crippen molar-refractivity contribution >= 4 is 0 Å². The van der Waals surface area contributed by atoms with Crippen LogP contribution in [-0.4, -0.2) is 16.2 Å². The van der Waals surface area contributed by atoms with Crippen LogP contribution < -0.4 is 5.32 Å². The summed E-state index contributed by atoms with van der Waals surface area (Å²) in [7, 11) is 0. The summed E-state index contributed by atoms with van der Waals surface area (Å²) in [5, 5.41) is 12.0. The van der Waals surface area contributed by atoms with Gasteiger partial charge >= 0.3 is 0 Å². The van der Waals surface area contributed by atoms with Gasteiger partial charge in [0, 0.05) is 12.0 Å². The van der Waals surface area contributed by atoms with Gasteiger partial charge in [0.2, 0.25) is 11.8 Å². The molecule has 4 heteroatoms. The maximum Gasteiger partial charge on any atom is 0.230 e. The second-order valence-electron chi connectivity index (χ2n) is 7.53. The predicted octanol–water partition coefficient (Wildman–Crippen LogP) is 3.11. The topological polar surface area (TPSA) is 51.0 Å². The SMILES string of the molecule is CC(C)NCc1nnc(C2C3CC4CC(C3)CC2C4)o1. The number of nitrogens with zero attached hydrogens (tertiary/aromatic N) is 2. The quantitative estimate of drug-likeness (QED) is 0.917. The van der Waals surface area contributed by atoms with Crippen LogP contribution in [0.5, 0.6) is 0 Å². The molecule has 4 saturated carbocycles. The van der Waals surface area contributed by atoms with Crippen LogP contribution in [0, 0.1) is 23.7 Å². The molecule has 4 aliphatic rings. The van der Waals surface area contributed by atoms with E-state index in [9.17, 15) is 0 Å². The molecule has 1 aromatic rings. The summed E-state index contributed by atoms with van der Waals surface area (Å²) >= 11 is 0. The van der Waals surface area contributed by atoms with Crippen LogP contribution in [0.2, 0.25) is 0 Å². The first-order valence-corrected chi connectivity index (χ1v) is 8.24. The Hall–Kier alpha value is -0.900. The number of nitrogens with one attached hydrogen (secondary N) is 1. The minimum atomic E-state index is 0.450. The lowest BCUT2D eigenvalue weighted by Crippen LogP contribution is -2.43. The van der Waals surface area contributed by atoms with Gasteiger partial charge in [0.15, 0.2) is 0 Å². The van der Waals surface area contributed by atoms with Crippen molar-refractivity contribution in [2.24, 2.45) is 23.7 Å². The summed E-state index contributed by atoms with van der Waals surface area (Å²) < 4.78 is 5.98. The summed E-state index contributed by atoms with van der Waals surface area (Å²) in [5.41, 5.74) is 0. The van der Waals surface area contributed by atoms with Crippen molar-refractivity contribution in [3.05, 3.63) is 11.8 Å². The molecule has 0 amide bonds. The van der Waals surface area contributed by atoms with Crippen LogP contribution in [0.3, 0.4) is 0 Å². The van der Waals surface area contributed by atoms with Gasteiger partial charge in [-0.2, -0.15) is 0 Å². The van der Waals surface area contributed by atoms with Gasteiger partial charge in [-0.25, -0.2) is 0 Å². The fourth-order valence-corrected chi connectivity index (χ4v) is 5.09. The summed E-state index contributed by atoms with van der Waals surface area (Å²) in [6.45, 7) is 4.96. The zero-order chi connectivity index (χ0) is 13.7. The Morgan fingerprint density at radius 3 is 2.30 bits per heavy atom. The zero-order valence-electron chi connectivity index (χ0n) is 12.5. The minimum absolute atomic E-state index is 0.450. The Labute approximate surface area is 120 Å². The molecular weight excluding hydrogens is 250 g/mol. The molecule has 5 rings (SSSR count). The van der Waals surface area contributed by atoms with Crippen LogP contribution in [0.15, 0.2) is 4.42 Å². The molecule has 110 valence electrons. The van der Waals surface area contributed by atoms with Crippen molar-refractivity contribution in [1.82, 2.24) is 15.5 Å². The maximum atomic E-state index is 5.98. The number of aromatic nitrogens is 2. The lowest BCUT2D eigenvalue weighted by molar-refractivity contribution is -0.0118. The average Bonchev–Trinajstić information content (AvgIpc) is 2.83. The smallest absolute Gasteiger partial charge is 0.230 e. The van der Waals surface area contributed by atoms with E-state index in [1.807, 2.05) is 0 Å². The lowest BCUT2D eigenvalue weighted by atomic mass is 9.52. The van der Waals surface area contributed by atoms with Crippen molar-refractivity contribution in [3.63, 3.8) is 0 Å². The average molecular weight is 275 g/mol. The molecule has 0 aliphatic heterocycles. The fraction of sp³-hybridized carbons (Fsp3) is 0.875. The summed E-state index contributed by atoms with van der Waals surface area (Å²) in [4.78, 5) is 0. The molecule has 0 spiro atoms. The van der Waals surface area contributed by atoms with E-state index < -0.39 is 0 Å². The highest BCUT2D eigenvalue weighted by Crippen LogP contribution is 2.59. The largest absolute Gasteiger partial charge is 0.424 e. The van der Waals surface area contributed by atoms with E-state index in [-0.39, 0.29) is 0 Å². The van der Waals surface area contributed by atoms with Crippen LogP contribution >= 0.6 is 0 Å². The van der Waals surface area contributed by atoms with Crippen LogP contribution in [0.4, 0.5) is 0 Å². The van der Waals surface area contributed by atoms with Crippen LogP contribution in [-0.2, 0) is 6.54 Å². The highest BCUT2D eigenvalue weighted by Gasteiger charge is 2.50. The third kappa shape index (κ3) is 2.18. The molecule has 1 heterocycles.